The molecule has 0 aromatic carbocycles. The highest BCUT2D eigenvalue weighted by atomic mass is 32.1. The van der Waals surface area contributed by atoms with Crippen molar-refractivity contribution < 1.29 is 19.5 Å². The Hall–Kier alpha value is -1.96. The van der Waals surface area contributed by atoms with Crippen molar-refractivity contribution in [3.05, 3.63) is 16.6 Å². The van der Waals surface area contributed by atoms with Crippen LogP contribution < -0.4 is 10.6 Å². The zero-order valence-electron chi connectivity index (χ0n) is 10.2. The molecule has 0 bridgehead atoms. The van der Waals surface area contributed by atoms with Gasteiger partial charge in [-0.15, -0.1) is 11.3 Å². The summed E-state index contributed by atoms with van der Waals surface area (Å²) < 4.78 is 0. The number of nitrogens with one attached hydrogen (secondary N) is 2. The monoisotopic (exact) mass is 285 g/mol. The largest absolute Gasteiger partial charge is 0.481 e. The molecule has 1 rings (SSSR count). The number of hydrogen-bond acceptors (Lipinski definition) is 5. The van der Waals surface area contributed by atoms with Crippen molar-refractivity contribution in [1.82, 2.24) is 15.6 Å². The lowest BCUT2D eigenvalue weighted by Crippen LogP contribution is -2.38. The molecule has 0 atom stereocenters. The minimum absolute atomic E-state index is 0.0313. The Kier molecular flexibility index (Phi) is 6.51. The second-order valence-electron chi connectivity index (χ2n) is 3.76. The number of carboxylic acids is 1. The van der Waals surface area contributed by atoms with E-state index in [9.17, 15) is 14.4 Å². The molecule has 0 saturated heterocycles. The van der Waals surface area contributed by atoms with Gasteiger partial charge in [-0.3, -0.25) is 14.9 Å². The molecule has 19 heavy (non-hydrogen) atoms. The van der Waals surface area contributed by atoms with Gasteiger partial charge in [-0.25, -0.2) is 9.78 Å². The number of hydrogen-bond donors (Lipinski definition) is 3. The van der Waals surface area contributed by atoms with Crippen molar-refractivity contribution in [2.45, 2.75) is 32.2 Å². The maximum absolute atomic E-state index is 11.3. The summed E-state index contributed by atoms with van der Waals surface area (Å²) in [6.45, 7) is 0.274. The van der Waals surface area contributed by atoms with Crippen LogP contribution in [0.25, 0.3) is 0 Å². The Morgan fingerprint density at radius 1 is 1.26 bits per heavy atom. The van der Waals surface area contributed by atoms with Crippen LogP contribution in [0.4, 0.5) is 4.79 Å². The average Bonchev–Trinajstić information content (AvgIpc) is 2.85. The van der Waals surface area contributed by atoms with Crippen LogP contribution in [0, 0.1) is 0 Å². The number of nitrogens with zero attached hydrogens (tertiary/aromatic N) is 1. The zero-order valence-corrected chi connectivity index (χ0v) is 11.0. The van der Waals surface area contributed by atoms with Gasteiger partial charge in [-0.2, -0.15) is 0 Å². The molecule has 1 heterocycles. The van der Waals surface area contributed by atoms with Gasteiger partial charge < -0.3 is 10.4 Å². The molecule has 0 aliphatic carbocycles. The zero-order chi connectivity index (χ0) is 14.1. The first-order valence-corrected chi connectivity index (χ1v) is 6.63. The van der Waals surface area contributed by atoms with Gasteiger partial charge in [0, 0.05) is 24.4 Å². The van der Waals surface area contributed by atoms with Crippen LogP contribution in [-0.2, 0) is 16.1 Å². The molecule has 0 unspecified atom stereocenters. The van der Waals surface area contributed by atoms with E-state index in [1.807, 2.05) is 0 Å². The molecule has 7 nitrogen and oxygen atoms in total. The second kappa shape index (κ2) is 8.20. The number of carbonyl (C=O) groups excluding carboxylic acids is 2. The van der Waals surface area contributed by atoms with Crippen molar-refractivity contribution in [2.24, 2.45) is 0 Å². The van der Waals surface area contributed by atoms with Gasteiger partial charge in [0.2, 0.25) is 5.91 Å². The fourth-order valence-electron chi connectivity index (χ4n) is 1.29. The molecule has 0 aliphatic heterocycles. The highest BCUT2D eigenvalue weighted by molar-refractivity contribution is 7.09. The number of thiazole rings is 1. The Morgan fingerprint density at radius 2 is 2.00 bits per heavy atom. The van der Waals surface area contributed by atoms with Crippen LogP contribution in [0.2, 0.25) is 0 Å². The van der Waals surface area contributed by atoms with Crippen LogP contribution in [-0.4, -0.2) is 28.0 Å². The topological polar surface area (TPSA) is 108 Å². The molecule has 0 spiro atoms. The van der Waals surface area contributed by atoms with Crippen LogP contribution >= 0.6 is 11.3 Å². The summed E-state index contributed by atoms with van der Waals surface area (Å²) in [5, 5.41) is 15.6. The first-order valence-electron chi connectivity index (χ1n) is 5.76. The molecule has 1 aromatic rings. The number of urea groups is 1. The highest BCUT2D eigenvalue weighted by Gasteiger charge is 2.08. The number of rotatable bonds is 7. The SMILES string of the molecule is O=C(O)CCCCC(=O)NC(=O)NCc1nccs1. The van der Waals surface area contributed by atoms with Gasteiger partial charge in [-0.05, 0) is 12.8 Å². The molecule has 1 aromatic heterocycles. The Labute approximate surface area is 114 Å². The van der Waals surface area contributed by atoms with Crippen molar-refractivity contribution in [1.29, 1.82) is 0 Å². The summed E-state index contributed by atoms with van der Waals surface area (Å²) in [7, 11) is 0. The third kappa shape index (κ3) is 7.14. The van der Waals surface area contributed by atoms with Crippen molar-refractivity contribution >= 4 is 29.2 Å². The third-order valence-electron chi connectivity index (χ3n) is 2.18. The molecular formula is C11H15N3O4S. The average molecular weight is 285 g/mol. The van der Waals surface area contributed by atoms with Gasteiger partial charge in [0.05, 0.1) is 6.54 Å². The van der Waals surface area contributed by atoms with Crippen LogP contribution in [0.15, 0.2) is 11.6 Å². The molecule has 0 fully saturated rings. The van der Waals surface area contributed by atoms with E-state index in [2.05, 4.69) is 15.6 Å². The number of carboxylic acid groups (broad SMARTS) is 1. The summed E-state index contributed by atoms with van der Waals surface area (Å²) in [6, 6.07) is -0.571. The van der Waals surface area contributed by atoms with E-state index >= 15 is 0 Å². The van der Waals surface area contributed by atoms with E-state index in [0.29, 0.717) is 12.8 Å². The summed E-state index contributed by atoms with van der Waals surface area (Å²) in [5.41, 5.74) is 0. The summed E-state index contributed by atoms with van der Waals surface area (Å²) in [5.74, 6) is -1.30. The van der Waals surface area contributed by atoms with E-state index in [1.54, 1.807) is 11.6 Å². The predicted octanol–water partition coefficient (Wildman–Crippen LogP) is 1.11. The fourth-order valence-corrected chi connectivity index (χ4v) is 1.85. The summed E-state index contributed by atoms with van der Waals surface area (Å²) >= 11 is 1.41. The van der Waals surface area contributed by atoms with Crippen molar-refractivity contribution in [3.63, 3.8) is 0 Å². The minimum Gasteiger partial charge on any atom is -0.481 e. The lowest BCUT2D eigenvalue weighted by Gasteiger charge is -2.04. The summed E-state index contributed by atoms with van der Waals surface area (Å²) in [6.07, 6.45) is 2.66. The molecule has 104 valence electrons. The number of aliphatic carboxylic acids is 1. The Bertz CT molecular complexity index is 433. The first kappa shape index (κ1) is 15.1. The summed E-state index contributed by atoms with van der Waals surface area (Å²) in [4.78, 5) is 36.9. The standard InChI is InChI=1S/C11H15N3O4S/c15-8(3-1-2-4-10(16)17)14-11(18)13-7-9-12-5-6-19-9/h5-6H,1-4,7H2,(H,16,17)(H2,13,14,15,18). The van der Waals surface area contributed by atoms with Gasteiger partial charge in [0.15, 0.2) is 0 Å². The molecule has 3 amide bonds. The highest BCUT2D eigenvalue weighted by Crippen LogP contribution is 2.02. The fraction of sp³-hybridized carbons (Fsp3) is 0.455. The number of unbranched alkanes of at least 4 members (excludes halogenated alkanes) is 1. The normalized spacial score (nSPS) is 9.89. The molecule has 3 N–H and O–H groups in total. The molecular weight excluding hydrogens is 270 g/mol. The second-order valence-corrected chi connectivity index (χ2v) is 4.74. The van der Waals surface area contributed by atoms with Crippen LogP contribution in [0.5, 0.6) is 0 Å². The number of imide groups is 1. The predicted molar refractivity (Wildman–Crippen MR) is 68.6 cm³/mol. The van der Waals surface area contributed by atoms with Gasteiger partial charge >= 0.3 is 12.0 Å². The number of carbonyl (C=O) groups is 3. The maximum Gasteiger partial charge on any atom is 0.321 e. The van der Waals surface area contributed by atoms with Gasteiger partial charge in [0.25, 0.3) is 0 Å². The Balaban J connectivity index is 2.10. The molecule has 0 radical (unpaired) electrons. The van der Waals surface area contributed by atoms with E-state index in [0.717, 1.165) is 5.01 Å². The lowest BCUT2D eigenvalue weighted by atomic mass is 10.2. The number of amides is 3. The first-order chi connectivity index (χ1) is 9.08. The number of aromatic nitrogens is 1. The molecule has 0 aliphatic rings. The maximum atomic E-state index is 11.3. The van der Waals surface area contributed by atoms with Crippen LogP contribution in [0.3, 0.4) is 0 Å². The smallest absolute Gasteiger partial charge is 0.321 e. The van der Waals surface area contributed by atoms with E-state index < -0.39 is 17.9 Å². The van der Waals surface area contributed by atoms with E-state index in [-0.39, 0.29) is 19.4 Å². The van der Waals surface area contributed by atoms with Crippen molar-refractivity contribution in [2.75, 3.05) is 0 Å². The van der Waals surface area contributed by atoms with Crippen LogP contribution in [0.1, 0.15) is 30.7 Å². The lowest BCUT2D eigenvalue weighted by molar-refractivity contribution is -0.137. The third-order valence-corrected chi connectivity index (χ3v) is 2.96. The van der Waals surface area contributed by atoms with E-state index in [1.165, 1.54) is 11.3 Å². The van der Waals surface area contributed by atoms with E-state index in [4.69, 9.17) is 5.11 Å². The van der Waals surface area contributed by atoms with Gasteiger partial charge in [0.1, 0.15) is 5.01 Å². The Morgan fingerprint density at radius 3 is 2.63 bits per heavy atom. The molecule has 0 saturated carbocycles. The molecule has 8 heteroatoms. The van der Waals surface area contributed by atoms with Gasteiger partial charge in [-0.1, -0.05) is 0 Å². The van der Waals surface area contributed by atoms with Crippen molar-refractivity contribution in [3.8, 4) is 0 Å². The quantitative estimate of drug-likeness (QED) is 0.650. The minimum atomic E-state index is -0.887.